The zero-order valence-electron chi connectivity index (χ0n) is 17.5. The maximum Gasteiger partial charge on any atom is 0.227 e. The molecule has 3 aromatic rings. The molecule has 2 aromatic carbocycles. The lowest BCUT2D eigenvalue weighted by molar-refractivity contribution is -0.132. The molecule has 6 heteroatoms. The third-order valence-corrected chi connectivity index (χ3v) is 5.45. The van der Waals surface area contributed by atoms with Crippen LogP contribution < -0.4 is 4.74 Å². The maximum absolute atomic E-state index is 12.7. The maximum atomic E-state index is 12.7. The average Bonchev–Trinajstić information content (AvgIpc) is 3.23. The van der Waals surface area contributed by atoms with E-state index < -0.39 is 0 Å². The summed E-state index contributed by atoms with van der Waals surface area (Å²) in [6.45, 7) is 5.91. The quantitative estimate of drug-likeness (QED) is 0.628. The number of aryl methyl sites for hydroxylation is 1. The number of piperazine rings is 1. The van der Waals surface area contributed by atoms with Gasteiger partial charge in [-0.15, -0.1) is 0 Å². The van der Waals surface area contributed by atoms with Gasteiger partial charge in [-0.3, -0.25) is 9.69 Å². The molecule has 0 aliphatic carbocycles. The summed E-state index contributed by atoms with van der Waals surface area (Å²) in [5.74, 6) is 1.59. The van der Waals surface area contributed by atoms with Gasteiger partial charge in [0.15, 0.2) is 0 Å². The van der Waals surface area contributed by atoms with E-state index >= 15 is 0 Å². The molecular formula is C24H27N3O3. The smallest absolute Gasteiger partial charge is 0.227 e. The summed E-state index contributed by atoms with van der Waals surface area (Å²) in [4.78, 5) is 21.5. The molecule has 1 aromatic heterocycles. The Labute approximate surface area is 177 Å². The minimum absolute atomic E-state index is 0.158. The Morgan fingerprint density at radius 3 is 2.60 bits per heavy atom. The van der Waals surface area contributed by atoms with Crippen LogP contribution in [0.5, 0.6) is 5.75 Å². The Balaban J connectivity index is 1.28. The van der Waals surface area contributed by atoms with Crippen LogP contribution in [0.2, 0.25) is 0 Å². The van der Waals surface area contributed by atoms with E-state index in [-0.39, 0.29) is 5.91 Å². The van der Waals surface area contributed by atoms with Crippen molar-refractivity contribution in [3.05, 3.63) is 71.6 Å². The summed E-state index contributed by atoms with van der Waals surface area (Å²) in [6, 6.07) is 15.9. The molecule has 2 heterocycles. The molecule has 1 aliphatic rings. The first-order valence-electron chi connectivity index (χ1n) is 10.3. The number of carbonyl (C=O) groups excluding carboxylic acids is 1. The fraction of sp³-hybridized carbons (Fsp3) is 0.333. The van der Waals surface area contributed by atoms with E-state index in [4.69, 9.17) is 9.15 Å². The number of methoxy groups -OCH3 is 1. The molecule has 1 fully saturated rings. The van der Waals surface area contributed by atoms with Crippen molar-refractivity contribution in [3.63, 3.8) is 0 Å². The van der Waals surface area contributed by atoms with Crippen molar-refractivity contribution in [2.45, 2.75) is 19.9 Å². The molecule has 0 saturated carbocycles. The molecule has 0 unspecified atom stereocenters. The Morgan fingerprint density at radius 2 is 1.87 bits per heavy atom. The normalized spacial score (nSPS) is 14.7. The van der Waals surface area contributed by atoms with Crippen LogP contribution in [-0.4, -0.2) is 54.0 Å². The van der Waals surface area contributed by atoms with E-state index in [0.29, 0.717) is 12.3 Å². The Hall–Kier alpha value is -3.12. The van der Waals surface area contributed by atoms with Gasteiger partial charge >= 0.3 is 0 Å². The average molecular weight is 405 g/mol. The molecule has 0 spiro atoms. The van der Waals surface area contributed by atoms with Crippen LogP contribution in [0.3, 0.4) is 0 Å². The van der Waals surface area contributed by atoms with Crippen molar-refractivity contribution in [1.29, 1.82) is 0 Å². The fourth-order valence-electron chi connectivity index (χ4n) is 3.66. The van der Waals surface area contributed by atoms with Crippen LogP contribution in [0.25, 0.3) is 11.5 Å². The van der Waals surface area contributed by atoms with Gasteiger partial charge in [-0.25, -0.2) is 4.98 Å². The predicted octanol–water partition coefficient (Wildman–Crippen LogP) is 3.55. The van der Waals surface area contributed by atoms with Crippen LogP contribution in [0, 0.1) is 6.92 Å². The molecule has 30 heavy (non-hydrogen) atoms. The summed E-state index contributed by atoms with van der Waals surface area (Å²) in [7, 11) is 1.64. The molecule has 0 N–H and O–H groups in total. The van der Waals surface area contributed by atoms with E-state index in [1.807, 2.05) is 41.3 Å². The SMILES string of the molecule is COc1cccc(CC(=O)N2CCN(Cc3coc(-c4ccc(C)cc4)n3)CC2)c1. The molecule has 1 aliphatic heterocycles. The highest BCUT2D eigenvalue weighted by Crippen LogP contribution is 2.20. The van der Waals surface area contributed by atoms with Gasteiger partial charge in [-0.05, 0) is 36.8 Å². The van der Waals surface area contributed by atoms with Gasteiger partial charge in [0.1, 0.15) is 12.0 Å². The number of hydrogen-bond donors (Lipinski definition) is 0. The summed E-state index contributed by atoms with van der Waals surface area (Å²) >= 11 is 0. The van der Waals surface area contributed by atoms with E-state index in [1.54, 1.807) is 13.4 Å². The second-order valence-corrected chi connectivity index (χ2v) is 7.70. The summed E-state index contributed by atoms with van der Waals surface area (Å²) < 4.78 is 10.9. The molecule has 0 radical (unpaired) electrons. The number of rotatable bonds is 6. The molecule has 4 rings (SSSR count). The minimum Gasteiger partial charge on any atom is -0.497 e. The first-order chi connectivity index (χ1) is 14.6. The number of nitrogens with zero attached hydrogens (tertiary/aromatic N) is 3. The van der Waals surface area contributed by atoms with Gasteiger partial charge in [-0.2, -0.15) is 0 Å². The van der Waals surface area contributed by atoms with Gasteiger partial charge < -0.3 is 14.1 Å². The molecule has 0 bridgehead atoms. The number of oxazole rings is 1. The topological polar surface area (TPSA) is 58.8 Å². The Morgan fingerprint density at radius 1 is 1.10 bits per heavy atom. The van der Waals surface area contributed by atoms with Gasteiger partial charge in [-0.1, -0.05) is 29.8 Å². The van der Waals surface area contributed by atoms with Gasteiger partial charge in [0.2, 0.25) is 11.8 Å². The van der Waals surface area contributed by atoms with Crippen molar-refractivity contribution >= 4 is 5.91 Å². The first kappa shape index (κ1) is 20.2. The van der Waals surface area contributed by atoms with Gasteiger partial charge in [0.05, 0.1) is 19.2 Å². The number of aromatic nitrogens is 1. The zero-order chi connectivity index (χ0) is 20.9. The van der Waals surface area contributed by atoms with Crippen molar-refractivity contribution < 1.29 is 13.9 Å². The minimum atomic E-state index is 0.158. The van der Waals surface area contributed by atoms with E-state index in [1.165, 1.54) is 5.56 Å². The Kier molecular flexibility index (Phi) is 6.14. The Bertz CT molecular complexity index is 989. The predicted molar refractivity (Wildman–Crippen MR) is 115 cm³/mol. The zero-order valence-corrected chi connectivity index (χ0v) is 17.5. The monoisotopic (exact) mass is 405 g/mol. The largest absolute Gasteiger partial charge is 0.497 e. The van der Waals surface area contributed by atoms with Crippen LogP contribution >= 0.6 is 0 Å². The van der Waals surface area contributed by atoms with E-state index in [2.05, 4.69) is 28.9 Å². The van der Waals surface area contributed by atoms with Gasteiger partial charge in [0.25, 0.3) is 0 Å². The molecule has 0 atom stereocenters. The van der Waals surface area contributed by atoms with Crippen molar-refractivity contribution in [2.75, 3.05) is 33.3 Å². The van der Waals surface area contributed by atoms with Crippen molar-refractivity contribution in [1.82, 2.24) is 14.8 Å². The second-order valence-electron chi connectivity index (χ2n) is 7.70. The van der Waals surface area contributed by atoms with Crippen LogP contribution in [0.1, 0.15) is 16.8 Å². The highest BCUT2D eigenvalue weighted by Gasteiger charge is 2.22. The van der Waals surface area contributed by atoms with Crippen LogP contribution in [0.4, 0.5) is 0 Å². The highest BCUT2D eigenvalue weighted by atomic mass is 16.5. The fourth-order valence-corrected chi connectivity index (χ4v) is 3.66. The van der Waals surface area contributed by atoms with E-state index in [9.17, 15) is 4.79 Å². The molecular weight excluding hydrogens is 378 g/mol. The lowest BCUT2D eigenvalue weighted by Gasteiger charge is -2.34. The third kappa shape index (κ3) is 4.89. The molecule has 1 amide bonds. The number of benzene rings is 2. The van der Waals surface area contributed by atoms with Crippen LogP contribution in [0.15, 0.2) is 59.2 Å². The lowest BCUT2D eigenvalue weighted by atomic mass is 10.1. The van der Waals surface area contributed by atoms with Gasteiger partial charge in [0, 0.05) is 38.3 Å². The summed E-state index contributed by atoms with van der Waals surface area (Å²) in [5, 5.41) is 0. The number of ether oxygens (including phenoxy) is 1. The number of carbonyl (C=O) groups is 1. The summed E-state index contributed by atoms with van der Waals surface area (Å²) in [5.41, 5.74) is 4.10. The summed E-state index contributed by atoms with van der Waals surface area (Å²) in [6.07, 6.45) is 2.13. The first-order valence-corrected chi connectivity index (χ1v) is 10.3. The standard InChI is InChI=1S/C24H27N3O3/c1-18-6-8-20(9-7-18)24-25-21(17-30-24)16-26-10-12-27(13-11-26)23(28)15-19-4-3-5-22(14-19)29-2/h3-9,14,17H,10-13,15-16H2,1-2H3. The van der Waals surface area contributed by atoms with Crippen LogP contribution in [-0.2, 0) is 17.8 Å². The van der Waals surface area contributed by atoms with Crippen molar-refractivity contribution in [3.8, 4) is 17.2 Å². The number of amides is 1. The third-order valence-electron chi connectivity index (χ3n) is 5.45. The molecule has 156 valence electrons. The van der Waals surface area contributed by atoms with E-state index in [0.717, 1.165) is 55.3 Å². The molecule has 1 saturated heterocycles. The van der Waals surface area contributed by atoms with Crippen molar-refractivity contribution in [2.24, 2.45) is 0 Å². The second kappa shape index (κ2) is 9.13. The number of hydrogen-bond acceptors (Lipinski definition) is 5. The highest BCUT2D eigenvalue weighted by molar-refractivity contribution is 5.79. The molecule has 6 nitrogen and oxygen atoms in total. The lowest BCUT2D eigenvalue weighted by Crippen LogP contribution is -2.48.